The Bertz CT molecular complexity index is 1220. The Morgan fingerprint density at radius 1 is 0.947 bits per heavy atom. The lowest BCUT2D eigenvalue weighted by Gasteiger charge is -2.28. The average molecular weight is 543 g/mol. The standard InChI is InChI=1S/C29H35FN2O5S/c1-21-13-17-38-27(21)19-31(15-12-22-10-11-25(36-3)26(18-22)37-4)28(33)20-32(14-7-16-35-2)29(34)23-8-5-6-9-24(23)30/h5-6,8-11,13,17-18H,7,12,14-16,19-20H2,1-4H3. The van der Waals surface area contributed by atoms with Crippen molar-refractivity contribution in [2.24, 2.45) is 0 Å². The van der Waals surface area contributed by atoms with Gasteiger partial charge < -0.3 is 24.0 Å². The van der Waals surface area contributed by atoms with Crippen LogP contribution in [0.15, 0.2) is 53.9 Å². The van der Waals surface area contributed by atoms with Gasteiger partial charge in [0, 0.05) is 31.7 Å². The van der Waals surface area contributed by atoms with Crippen LogP contribution in [-0.2, 0) is 22.5 Å². The van der Waals surface area contributed by atoms with Crippen molar-refractivity contribution in [1.82, 2.24) is 9.80 Å². The maximum atomic E-state index is 14.4. The van der Waals surface area contributed by atoms with Gasteiger partial charge in [0.1, 0.15) is 12.4 Å². The quantitative estimate of drug-likeness (QED) is 0.269. The molecular formula is C29H35FN2O5S. The minimum atomic E-state index is -0.610. The van der Waals surface area contributed by atoms with Crippen molar-refractivity contribution in [2.75, 3.05) is 47.6 Å². The zero-order valence-electron chi connectivity index (χ0n) is 22.4. The number of benzene rings is 2. The maximum Gasteiger partial charge on any atom is 0.257 e. The van der Waals surface area contributed by atoms with E-state index >= 15 is 0 Å². The summed E-state index contributed by atoms with van der Waals surface area (Å²) in [6.45, 7) is 3.41. The molecule has 1 aromatic heterocycles. The van der Waals surface area contributed by atoms with Crippen LogP contribution in [0.1, 0.15) is 32.8 Å². The minimum Gasteiger partial charge on any atom is -0.493 e. The summed E-state index contributed by atoms with van der Waals surface area (Å²) < 4.78 is 30.3. The Morgan fingerprint density at radius 2 is 1.71 bits per heavy atom. The first-order chi connectivity index (χ1) is 18.4. The lowest BCUT2D eigenvalue weighted by Crippen LogP contribution is -2.44. The number of thiophene rings is 1. The number of hydrogen-bond donors (Lipinski definition) is 0. The van der Waals surface area contributed by atoms with Gasteiger partial charge in [-0.1, -0.05) is 18.2 Å². The molecule has 2 amide bonds. The van der Waals surface area contributed by atoms with E-state index in [0.29, 0.717) is 44.0 Å². The molecule has 0 saturated carbocycles. The molecule has 0 fully saturated rings. The molecule has 0 radical (unpaired) electrons. The van der Waals surface area contributed by atoms with Gasteiger partial charge in [-0.2, -0.15) is 0 Å². The van der Waals surface area contributed by atoms with Crippen LogP contribution in [0.4, 0.5) is 4.39 Å². The highest BCUT2D eigenvalue weighted by atomic mass is 32.1. The van der Waals surface area contributed by atoms with Crippen LogP contribution < -0.4 is 9.47 Å². The molecule has 0 aliphatic rings. The van der Waals surface area contributed by atoms with E-state index in [-0.39, 0.29) is 24.6 Å². The summed E-state index contributed by atoms with van der Waals surface area (Å²) >= 11 is 1.59. The Labute approximate surface area is 227 Å². The zero-order chi connectivity index (χ0) is 27.5. The smallest absolute Gasteiger partial charge is 0.257 e. The van der Waals surface area contributed by atoms with Crippen molar-refractivity contribution >= 4 is 23.2 Å². The molecule has 2 aromatic carbocycles. The van der Waals surface area contributed by atoms with E-state index in [0.717, 1.165) is 16.0 Å². The summed E-state index contributed by atoms with van der Waals surface area (Å²) in [6.07, 6.45) is 1.11. The Morgan fingerprint density at radius 3 is 2.37 bits per heavy atom. The fraction of sp³-hybridized carbons (Fsp3) is 0.379. The highest BCUT2D eigenvalue weighted by Crippen LogP contribution is 2.28. The number of nitrogens with zero attached hydrogens (tertiary/aromatic N) is 2. The highest BCUT2D eigenvalue weighted by molar-refractivity contribution is 7.10. The van der Waals surface area contributed by atoms with Gasteiger partial charge in [-0.3, -0.25) is 9.59 Å². The molecule has 0 bridgehead atoms. The van der Waals surface area contributed by atoms with Gasteiger partial charge in [-0.05, 0) is 66.6 Å². The molecule has 0 saturated heterocycles. The highest BCUT2D eigenvalue weighted by Gasteiger charge is 2.24. The van der Waals surface area contributed by atoms with E-state index in [1.807, 2.05) is 36.6 Å². The predicted molar refractivity (Wildman–Crippen MR) is 147 cm³/mol. The van der Waals surface area contributed by atoms with Crippen LogP contribution in [0.2, 0.25) is 0 Å². The van der Waals surface area contributed by atoms with Crippen LogP contribution in [0.5, 0.6) is 11.5 Å². The molecule has 0 unspecified atom stereocenters. The maximum absolute atomic E-state index is 14.4. The van der Waals surface area contributed by atoms with Gasteiger partial charge in [0.15, 0.2) is 11.5 Å². The van der Waals surface area contributed by atoms with E-state index in [1.54, 1.807) is 43.6 Å². The second kappa shape index (κ2) is 14.5. The summed E-state index contributed by atoms with van der Waals surface area (Å²) in [4.78, 5) is 31.2. The first-order valence-corrected chi connectivity index (χ1v) is 13.3. The van der Waals surface area contributed by atoms with Crippen molar-refractivity contribution < 1.29 is 28.2 Å². The zero-order valence-corrected chi connectivity index (χ0v) is 23.2. The Balaban J connectivity index is 1.81. The summed E-state index contributed by atoms with van der Waals surface area (Å²) in [5.74, 6) is -0.0742. The van der Waals surface area contributed by atoms with E-state index in [2.05, 4.69) is 0 Å². The van der Waals surface area contributed by atoms with Gasteiger partial charge in [-0.25, -0.2) is 4.39 Å². The molecule has 0 aliphatic heterocycles. The molecule has 3 rings (SSSR count). The fourth-order valence-electron chi connectivity index (χ4n) is 4.05. The molecule has 9 heteroatoms. The van der Waals surface area contributed by atoms with Crippen molar-refractivity contribution in [2.45, 2.75) is 26.3 Å². The van der Waals surface area contributed by atoms with E-state index in [9.17, 15) is 14.0 Å². The fourth-order valence-corrected chi connectivity index (χ4v) is 4.97. The van der Waals surface area contributed by atoms with Crippen molar-refractivity contribution in [1.29, 1.82) is 0 Å². The lowest BCUT2D eigenvalue weighted by atomic mass is 10.1. The van der Waals surface area contributed by atoms with Crippen LogP contribution in [0.3, 0.4) is 0 Å². The number of amides is 2. The van der Waals surface area contributed by atoms with E-state index in [4.69, 9.17) is 14.2 Å². The SMILES string of the molecule is COCCCN(CC(=O)N(CCc1ccc(OC)c(OC)c1)Cc1sccc1C)C(=O)c1ccccc1F. The Hall–Kier alpha value is -3.43. The topological polar surface area (TPSA) is 68.3 Å². The first kappa shape index (κ1) is 29.1. The van der Waals surface area contributed by atoms with E-state index < -0.39 is 11.7 Å². The third-order valence-corrected chi connectivity index (χ3v) is 7.28. The number of ether oxygens (including phenoxy) is 3. The molecule has 38 heavy (non-hydrogen) atoms. The number of aryl methyl sites for hydroxylation is 1. The van der Waals surface area contributed by atoms with Crippen LogP contribution in [-0.4, -0.2) is 69.2 Å². The number of hydrogen-bond acceptors (Lipinski definition) is 6. The monoisotopic (exact) mass is 542 g/mol. The molecule has 0 atom stereocenters. The van der Waals surface area contributed by atoms with Gasteiger partial charge in [-0.15, -0.1) is 11.3 Å². The number of rotatable bonds is 14. The summed E-state index contributed by atoms with van der Waals surface area (Å²) in [7, 11) is 4.75. The number of carbonyl (C=O) groups excluding carboxylic acids is 2. The molecule has 0 spiro atoms. The third kappa shape index (κ3) is 7.79. The van der Waals surface area contributed by atoms with Crippen molar-refractivity contribution in [3.63, 3.8) is 0 Å². The predicted octanol–water partition coefficient (Wildman–Crippen LogP) is 4.96. The number of halogens is 1. The molecule has 1 heterocycles. The summed E-state index contributed by atoms with van der Waals surface area (Å²) in [6, 6.07) is 13.5. The summed E-state index contributed by atoms with van der Waals surface area (Å²) in [5, 5.41) is 2.00. The van der Waals surface area contributed by atoms with Crippen LogP contribution in [0.25, 0.3) is 0 Å². The van der Waals surface area contributed by atoms with Gasteiger partial charge in [0.25, 0.3) is 5.91 Å². The van der Waals surface area contributed by atoms with Crippen LogP contribution in [0, 0.1) is 12.7 Å². The minimum absolute atomic E-state index is 0.0521. The molecular weight excluding hydrogens is 507 g/mol. The largest absolute Gasteiger partial charge is 0.493 e. The average Bonchev–Trinajstić information content (AvgIpc) is 3.34. The number of carbonyl (C=O) groups is 2. The van der Waals surface area contributed by atoms with Crippen molar-refractivity contribution in [3.8, 4) is 11.5 Å². The van der Waals surface area contributed by atoms with Crippen molar-refractivity contribution in [3.05, 3.63) is 81.3 Å². The lowest BCUT2D eigenvalue weighted by molar-refractivity contribution is -0.132. The Kier molecular flexibility index (Phi) is 11.1. The molecule has 204 valence electrons. The summed E-state index contributed by atoms with van der Waals surface area (Å²) in [5.41, 5.74) is 2.05. The molecule has 7 nitrogen and oxygen atoms in total. The second-order valence-corrected chi connectivity index (χ2v) is 9.83. The molecule has 0 aliphatic carbocycles. The normalized spacial score (nSPS) is 10.8. The van der Waals surface area contributed by atoms with Gasteiger partial charge in [0.05, 0.1) is 26.3 Å². The second-order valence-electron chi connectivity index (χ2n) is 8.83. The third-order valence-electron chi connectivity index (χ3n) is 6.27. The number of methoxy groups -OCH3 is 3. The molecule has 0 N–H and O–H groups in total. The van der Waals surface area contributed by atoms with E-state index in [1.165, 1.54) is 23.1 Å². The van der Waals surface area contributed by atoms with Gasteiger partial charge >= 0.3 is 0 Å². The van der Waals surface area contributed by atoms with Gasteiger partial charge in [0.2, 0.25) is 5.91 Å². The molecule has 3 aromatic rings. The van der Waals surface area contributed by atoms with Crippen LogP contribution >= 0.6 is 11.3 Å². The first-order valence-electron chi connectivity index (χ1n) is 12.4.